The zero-order valence-corrected chi connectivity index (χ0v) is 19.1. The minimum atomic E-state index is -0.165. The van der Waals surface area contributed by atoms with Gasteiger partial charge in [-0.2, -0.15) is 0 Å². The van der Waals surface area contributed by atoms with E-state index in [0.717, 1.165) is 40.8 Å². The van der Waals surface area contributed by atoms with Gasteiger partial charge in [-0.15, -0.1) is 0 Å². The number of carbonyl (C=O) groups excluding carboxylic acids is 2. The Morgan fingerprint density at radius 3 is 2.74 bits per heavy atom. The van der Waals surface area contributed by atoms with Crippen molar-refractivity contribution in [1.82, 2.24) is 19.9 Å². The van der Waals surface area contributed by atoms with E-state index in [2.05, 4.69) is 14.9 Å². The number of morpholine rings is 1. The van der Waals surface area contributed by atoms with Crippen LogP contribution in [0.5, 0.6) is 5.88 Å². The largest absolute Gasteiger partial charge is 0.473 e. The predicted octanol–water partition coefficient (Wildman–Crippen LogP) is 2.70. The Morgan fingerprint density at radius 2 is 2.03 bits per heavy atom. The highest BCUT2D eigenvalue weighted by Crippen LogP contribution is 2.40. The molecule has 2 atom stereocenters. The van der Waals surface area contributed by atoms with E-state index in [1.54, 1.807) is 4.90 Å². The van der Waals surface area contributed by atoms with Gasteiger partial charge in [0, 0.05) is 42.7 Å². The number of amides is 2. The highest BCUT2D eigenvalue weighted by atomic mass is 16.5. The molecule has 9 heteroatoms. The molecule has 0 bridgehead atoms. The van der Waals surface area contributed by atoms with Crippen LogP contribution in [0.3, 0.4) is 0 Å². The molecule has 9 nitrogen and oxygen atoms in total. The number of imidazole rings is 1. The summed E-state index contributed by atoms with van der Waals surface area (Å²) in [4.78, 5) is 35.2. The molecule has 3 aromatic rings. The predicted molar refractivity (Wildman–Crippen MR) is 126 cm³/mol. The van der Waals surface area contributed by atoms with E-state index in [-0.39, 0.29) is 30.4 Å². The molecule has 2 saturated heterocycles. The molecule has 1 unspecified atom stereocenters. The van der Waals surface area contributed by atoms with Gasteiger partial charge in [0.1, 0.15) is 18.2 Å². The average Bonchev–Trinajstić information content (AvgIpc) is 3.45. The molecule has 34 heavy (non-hydrogen) atoms. The van der Waals surface area contributed by atoms with Gasteiger partial charge in [-0.1, -0.05) is 12.1 Å². The smallest absolute Gasteiger partial charge is 0.253 e. The maximum atomic E-state index is 12.2. The first kappa shape index (κ1) is 21.1. The Morgan fingerprint density at radius 1 is 1.21 bits per heavy atom. The zero-order valence-electron chi connectivity index (χ0n) is 19.1. The van der Waals surface area contributed by atoms with Crippen LogP contribution in [-0.4, -0.2) is 58.8 Å². The number of fused-ring (bicyclic) bond motifs is 1. The average molecular weight is 462 g/mol. The van der Waals surface area contributed by atoms with Gasteiger partial charge in [0.15, 0.2) is 0 Å². The third-order valence-corrected chi connectivity index (χ3v) is 6.89. The fourth-order valence-electron chi connectivity index (χ4n) is 4.72. The highest BCUT2D eigenvalue weighted by molar-refractivity contribution is 5.95. The maximum Gasteiger partial charge on any atom is 0.253 e. The Balaban J connectivity index is 1.34. The van der Waals surface area contributed by atoms with Crippen molar-refractivity contribution in [2.24, 2.45) is 5.92 Å². The number of hydrogen-bond donors (Lipinski definition) is 1. The number of aromatic nitrogens is 3. The zero-order chi connectivity index (χ0) is 23.2. The van der Waals surface area contributed by atoms with E-state index in [1.165, 1.54) is 0 Å². The SMILES string of the molecule is C[C@@H](Oc1nc(-c2ccc(N3CCOCC3=O)cc2)cc2ncn(C3CC3)c12)C1CNC(=O)C1. The number of hydrogen-bond acceptors (Lipinski definition) is 6. The Bertz CT molecular complexity index is 1250. The molecular weight excluding hydrogens is 434 g/mol. The molecule has 2 amide bonds. The third kappa shape index (κ3) is 3.90. The third-order valence-electron chi connectivity index (χ3n) is 6.89. The number of benzene rings is 1. The van der Waals surface area contributed by atoms with Crippen molar-refractivity contribution in [2.45, 2.75) is 38.3 Å². The molecule has 4 heterocycles. The molecule has 0 spiro atoms. The summed E-state index contributed by atoms with van der Waals surface area (Å²) >= 11 is 0. The first-order valence-corrected chi connectivity index (χ1v) is 11.9. The lowest BCUT2D eigenvalue weighted by Gasteiger charge is -2.26. The van der Waals surface area contributed by atoms with E-state index in [4.69, 9.17) is 14.5 Å². The van der Waals surface area contributed by atoms with Crippen molar-refractivity contribution in [3.8, 4) is 17.1 Å². The van der Waals surface area contributed by atoms with Crippen LogP contribution in [0.25, 0.3) is 22.3 Å². The highest BCUT2D eigenvalue weighted by Gasteiger charge is 2.31. The van der Waals surface area contributed by atoms with Gasteiger partial charge in [-0.25, -0.2) is 9.97 Å². The van der Waals surface area contributed by atoms with Crippen LogP contribution in [0.1, 0.15) is 32.2 Å². The van der Waals surface area contributed by atoms with Crippen LogP contribution in [-0.2, 0) is 14.3 Å². The number of nitrogens with zero attached hydrogens (tertiary/aromatic N) is 4. The summed E-state index contributed by atoms with van der Waals surface area (Å²) in [5, 5.41) is 2.89. The van der Waals surface area contributed by atoms with E-state index in [0.29, 0.717) is 38.0 Å². The van der Waals surface area contributed by atoms with Crippen molar-refractivity contribution < 1.29 is 19.1 Å². The number of ether oxygens (including phenoxy) is 2. The van der Waals surface area contributed by atoms with Gasteiger partial charge < -0.3 is 24.3 Å². The Kier molecular flexibility index (Phi) is 5.21. The topological polar surface area (TPSA) is 98.6 Å². The molecule has 3 aliphatic rings. The minimum absolute atomic E-state index is 0.0336. The van der Waals surface area contributed by atoms with E-state index in [1.807, 2.05) is 43.6 Å². The van der Waals surface area contributed by atoms with Crippen LogP contribution in [0.4, 0.5) is 5.69 Å². The van der Waals surface area contributed by atoms with Crippen molar-refractivity contribution in [1.29, 1.82) is 0 Å². The number of anilines is 1. The van der Waals surface area contributed by atoms with Crippen molar-refractivity contribution in [3.05, 3.63) is 36.7 Å². The van der Waals surface area contributed by atoms with Crippen LogP contribution >= 0.6 is 0 Å². The molecule has 1 saturated carbocycles. The fourth-order valence-corrected chi connectivity index (χ4v) is 4.72. The summed E-state index contributed by atoms with van der Waals surface area (Å²) in [5.74, 6) is 0.690. The summed E-state index contributed by atoms with van der Waals surface area (Å²) in [6.45, 7) is 3.82. The molecule has 6 rings (SSSR count). The minimum Gasteiger partial charge on any atom is -0.473 e. The molecule has 1 aromatic carbocycles. The lowest BCUT2D eigenvalue weighted by atomic mass is 10.0. The van der Waals surface area contributed by atoms with Crippen LogP contribution in [0.2, 0.25) is 0 Å². The summed E-state index contributed by atoms with van der Waals surface area (Å²) < 4.78 is 13.8. The van der Waals surface area contributed by atoms with E-state index in [9.17, 15) is 9.59 Å². The van der Waals surface area contributed by atoms with Crippen molar-refractivity contribution in [2.75, 3.05) is 31.2 Å². The first-order chi connectivity index (χ1) is 16.6. The molecule has 1 N–H and O–H groups in total. The second kappa shape index (κ2) is 8.39. The second-order valence-corrected chi connectivity index (χ2v) is 9.30. The Labute approximate surface area is 197 Å². The van der Waals surface area contributed by atoms with Gasteiger partial charge in [0.05, 0.1) is 24.1 Å². The number of pyridine rings is 1. The van der Waals surface area contributed by atoms with E-state index < -0.39 is 0 Å². The maximum absolute atomic E-state index is 12.2. The number of nitrogens with one attached hydrogen (secondary N) is 1. The van der Waals surface area contributed by atoms with Gasteiger partial charge in [0.2, 0.25) is 11.8 Å². The lowest BCUT2D eigenvalue weighted by molar-refractivity contribution is -0.125. The molecular formula is C25H27N5O4. The molecule has 0 radical (unpaired) electrons. The Hall–Kier alpha value is -3.46. The van der Waals surface area contributed by atoms with E-state index >= 15 is 0 Å². The molecule has 3 fully saturated rings. The van der Waals surface area contributed by atoms with Gasteiger partial charge in [-0.3, -0.25) is 9.59 Å². The summed E-state index contributed by atoms with van der Waals surface area (Å²) in [7, 11) is 0. The quantitative estimate of drug-likeness (QED) is 0.606. The van der Waals surface area contributed by atoms with Crippen molar-refractivity contribution in [3.63, 3.8) is 0 Å². The monoisotopic (exact) mass is 461 g/mol. The molecule has 2 aromatic heterocycles. The normalized spacial score (nSPS) is 21.7. The van der Waals surface area contributed by atoms with Crippen LogP contribution in [0, 0.1) is 5.92 Å². The lowest BCUT2D eigenvalue weighted by Crippen LogP contribution is -2.41. The summed E-state index contributed by atoms with van der Waals surface area (Å²) in [6.07, 6.45) is 4.44. The fraction of sp³-hybridized carbons (Fsp3) is 0.440. The molecule has 176 valence electrons. The summed E-state index contributed by atoms with van der Waals surface area (Å²) in [6, 6.07) is 10.2. The molecule has 2 aliphatic heterocycles. The standard InChI is InChI=1S/C25H27N5O4/c1-15(17-10-22(31)26-12-17)34-25-24-21(27-14-30(24)19-6-7-19)11-20(28-25)16-2-4-18(5-3-16)29-8-9-33-13-23(29)32/h2-5,11,14-15,17,19H,6-10,12-13H2,1H3,(H,26,31)/t15-,17?/m1/s1. The number of carbonyl (C=O) groups is 2. The van der Waals surface area contributed by atoms with Crippen LogP contribution in [0.15, 0.2) is 36.7 Å². The number of rotatable bonds is 6. The van der Waals surface area contributed by atoms with Gasteiger partial charge in [-0.05, 0) is 38.0 Å². The first-order valence-electron chi connectivity index (χ1n) is 11.9. The van der Waals surface area contributed by atoms with Crippen LogP contribution < -0.4 is 15.0 Å². The molecule has 1 aliphatic carbocycles. The van der Waals surface area contributed by atoms with Crippen molar-refractivity contribution >= 4 is 28.5 Å². The van der Waals surface area contributed by atoms with Gasteiger partial charge in [0.25, 0.3) is 5.91 Å². The summed E-state index contributed by atoms with van der Waals surface area (Å²) in [5.41, 5.74) is 4.27. The van der Waals surface area contributed by atoms with Gasteiger partial charge >= 0.3 is 0 Å². The second-order valence-electron chi connectivity index (χ2n) is 9.30.